The van der Waals surface area contributed by atoms with Gasteiger partial charge in [0.25, 0.3) is 0 Å². The lowest BCUT2D eigenvalue weighted by atomic mass is 10.3. The molecule has 0 aliphatic heterocycles. The monoisotopic (exact) mass is 231 g/mol. The van der Waals surface area contributed by atoms with Crippen molar-refractivity contribution in [2.45, 2.75) is 39.2 Å². The van der Waals surface area contributed by atoms with E-state index in [1.54, 1.807) is 18.9 Å². The second-order valence-electron chi connectivity index (χ2n) is 3.82. The number of aliphatic carboxylic acids is 1. The Morgan fingerprint density at radius 2 is 2.06 bits per heavy atom. The van der Waals surface area contributed by atoms with Crippen molar-refractivity contribution in [1.82, 2.24) is 4.90 Å². The largest absolute Gasteiger partial charge is 0.481 e. The molecule has 0 aromatic rings. The molecule has 0 fully saturated rings. The highest BCUT2D eigenvalue weighted by Crippen LogP contribution is 2.01. The lowest BCUT2D eigenvalue weighted by molar-refractivity contribution is -0.149. The molecule has 16 heavy (non-hydrogen) atoms. The number of hydrogen-bond acceptors (Lipinski definition) is 4. The van der Waals surface area contributed by atoms with Crippen LogP contribution in [0.4, 0.5) is 0 Å². The molecule has 0 aromatic heterocycles. The van der Waals surface area contributed by atoms with Crippen LogP contribution in [0.2, 0.25) is 0 Å². The summed E-state index contributed by atoms with van der Waals surface area (Å²) in [5.41, 5.74) is 0. The molecular formula is C11H21NO4. The third-order valence-corrected chi connectivity index (χ3v) is 2.42. The summed E-state index contributed by atoms with van der Waals surface area (Å²) in [7, 11) is 1.72. The highest BCUT2D eigenvalue weighted by atomic mass is 16.5. The molecule has 0 aliphatic carbocycles. The first-order valence-electron chi connectivity index (χ1n) is 5.57. The Kier molecular flexibility index (Phi) is 7.54. The first-order valence-corrected chi connectivity index (χ1v) is 5.57. The van der Waals surface area contributed by atoms with E-state index in [2.05, 4.69) is 0 Å². The molecule has 0 amide bonds. The molecule has 0 aromatic carbocycles. The minimum atomic E-state index is -0.863. The number of likely N-dealkylation sites (N-methyl/N-ethyl adjacent to an activating group) is 1. The van der Waals surface area contributed by atoms with Crippen molar-refractivity contribution in [2.24, 2.45) is 0 Å². The van der Waals surface area contributed by atoms with Gasteiger partial charge in [-0.25, -0.2) is 0 Å². The van der Waals surface area contributed by atoms with Crippen molar-refractivity contribution < 1.29 is 19.4 Å². The zero-order chi connectivity index (χ0) is 12.6. The number of carboxylic acid groups (broad SMARTS) is 1. The van der Waals surface area contributed by atoms with E-state index in [9.17, 15) is 9.59 Å². The van der Waals surface area contributed by atoms with Gasteiger partial charge in [0.1, 0.15) is 6.04 Å². The summed E-state index contributed by atoms with van der Waals surface area (Å²) in [6.45, 7) is 4.53. The van der Waals surface area contributed by atoms with Crippen LogP contribution < -0.4 is 0 Å². The van der Waals surface area contributed by atoms with E-state index in [4.69, 9.17) is 9.84 Å². The van der Waals surface area contributed by atoms with Crippen molar-refractivity contribution >= 4 is 11.9 Å². The molecule has 0 rings (SSSR count). The van der Waals surface area contributed by atoms with Gasteiger partial charge in [-0.05, 0) is 20.4 Å². The van der Waals surface area contributed by atoms with Crippen LogP contribution in [0.1, 0.15) is 33.1 Å². The Morgan fingerprint density at radius 1 is 1.44 bits per heavy atom. The van der Waals surface area contributed by atoms with Gasteiger partial charge in [0, 0.05) is 6.54 Å². The van der Waals surface area contributed by atoms with Gasteiger partial charge in [-0.3, -0.25) is 14.5 Å². The Hall–Kier alpha value is -1.10. The van der Waals surface area contributed by atoms with Crippen molar-refractivity contribution in [2.75, 3.05) is 20.2 Å². The molecule has 0 bridgehead atoms. The van der Waals surface area contributed by atoms with E-state index < -0.39 is 12.0 Å². The Bertz CT molecular complexity index is 230. The van der Waals surface area contributed by atoms with Crippen LogP contribution in [0, 0.1) is 0 Å². The number of carbonyl (C=O) groups is 2. The highest BCUT2D eigenvalue weighted by molar-refractivity contribution is 5.75. The van der Waals surface area contributed by atoms with E-state index in [0.717, 1.165) is 12.8 Å². The maximum Gasteiger partial charge on any atom is 0.323 e. The third kappa shape index (κ3) is 6.40. The first kappa shape index (κ1) is 14.9. The molecule has 0 saturated carbocycles. The zero-order valence-electron chi connectivity index (χ0n) is 10.2. The summed E-state index contributed by atoms with van der Waals surface area (Å²) < 4.78 is 5.04. The van der Waals surface area contributed by atoms with Gasteiger partial charge in [-0.1, -0.05) is 13.3 Å². The van der Waals surface area contributed by atoms with E-state index in [1.165, 1.54) is 0 Å². The van der Waals surface area contributed by atoms with Gasteiger partial charge in [-0.2, -0.15) is 0 Å². The SMILES string of the molecule is CCCCOC(=O)C(C)N(C)CCC(=O)O. The number of unbranched alkanes of at least 4 members (excludes halogenated alkanes) is 1. The minimum Gasteiger partial charge on any atom is -0.481 e. The maximum atomic E-state index is 11.5. The number of esters is 1. The standard InChI is InChI=1S/C11H21NO4/c1-4-5-8-16-11(15)9(2)12(3)7-6-10(13)14/h9H,4-8H2,1-3H3,(H,13,14). The molecule has 1 atom stereocenters. The topological polar surface area (TPSA) is 66.8 Å². The lowest BCUT2D eigenvalue weighted by Crippen LogP contribution is -2.38. The van der Waals surface area contributed by atoms with Crippen LogP contribution in [0.15, 0.2) is 0 Å². The van der Waals surface area contributed by atoms with Gasteiger partial charge in [0.15, 0.2) is 0 Å². The average molecular weight is 231 g/mol. The van der Waals surface area contributed by atoms with Crippen molar-refractivity contribution in [1.29, 1.82) is 0 Å². The fourth-order valence-corrected chi connectivity index (χ4v) is 1.08. The van der Waals surface area contributed by atoms with Crippen LogP contribution in [0.25, 0.3) is 0 Å². The smallest absolute Gasteiger partial charge is 0.323 e. The van der Waals surface area contributed by atoms with Crippen molar-refractivity contribution in [3.05, 3.63) is 0 Å². The Morgan fingerprint density at radius 3 is 2.56 bits per heavy atom. The van der Waals surface area contributed by atoms with Gasteiger partial charge in [0.05, 0.1) is 13.0 Å². The zero-order valence-corrected chi connectivity index (χ0v) is 10.2. The van der Waals surface area contributed by atoms with Crippen LogP contribution in [-0.2, 0) is 14.3 Å². The maximum absolute atomic E-state index is 11.5. The molecule has 0 saturated heterocycles. The predicted octanol–water partition coefficient (Wildman–Crippen LogP) is 1.12. The fourth-order valence-electron chi connectivity index (χ4n) is 1.08. The Balaban J connectivity index is 3.86. The van der Waals surface area contributed by atoms with Gasteiger partial charge in [-0.15, -0.1) is 0 Å². The second kappa shape index (κ2) is 8.10. The summed E-state index contributed by atoms with van der Waals surface area (Å²) >= 11 is 0. The summed E-state index contributed by atoms with van der Waals surface area (Å²) in [5.74, 6) is -1.15. The van der Waals surface area contributed by atoms with Crippen LogP contribution in [0.3, 0.4) is 0 Å². The van der Waals surface area contributed by atoms with Gasteiger partial charge in [0.2, 0.25) is 0 Å². The number of carbonyl (C=O) groups excluding carboxylic acids is 1. The normalized spacial score (nSPS) is 12.5. The number of hydrogen-bond donors (Lipinski definition) is 1. The first-order chi connectivity index (χ1) is 7.49. The number of nitrogens with zero attached hydrogens (tertiary/aromatic N) is 1. The van der Waals surface area contributed by atoms with E-state index in [1.807, 2.05) is 6.92 Å². The second-order valence-corrected chi connectivity index (χ2v) is 3.82. The van der Waals surface area contributed by atoms with Crippen LogP contribution in [-0.4, -0.2) is 48.2 Å². The summed E-state index contributed by atoms with van der Waals surface area (Å²) in [4.78, 5) is 23.5. The quantitative estimate of drug-likeness (QED) is 0.501. The Labute approximate surface area is 96.4 Å². The van der Waals surface area contributed by atoms with Crippen molar-refractivity contribution in [3.63, 3.8) is 0 Å². The van der Waals surface area contributed by atoms with Crippen LogP contribution in [0.5, 0.6) is 0 Å². The molecule has 94 valence electrons. The van der Waals surface area contributed by atoms with E-state index in [-0.39, 0.29) is 12.4 Å². The number of carboxylic acids is 1. The molecule has 0 radical (unpaired) electrons. The molecule has 5 heteroatoms. The molecule has 1 N–H and O–H groups in total. The van der Waals surface area contributed by atoms with E-state index in [0.29, 0.717) is 13.2 Å². The molecule has 1 unspecified atom stereocenters. The van der Waals surface area contributed by atoms with Crippen LogP contribution >= 0.6 is 0 Å². The predicted molar refractivity (Wildman–Crippen MR) is 60.2 cm³/mol. The fraction of sp³-hybridized carbons (Fsp3) is 0.818. The minimum absolute atomic E-state index is 0.0308. The molecule has 5 nitrogen and oxygen atoms in total. The number of rotatable bonds is 8. The summed E-state index contributed by atoms with van der Waals surface area (Å²) in [6.07, 6.45) is 1.87. The van der Waals surface area contributed by atoms with Gasteiger partial charge >= 0.3 is 11.9 Å². The summed E-state index contributed by atoms with van der Waals surface area (Å²) in [5, 5.41) is 8.51. The number of ether oxygens (including phenoxy) is 1. The molecular weight excluding hydrogens is 210 g/mol. The summed E-state index contributed by atoms with van der Waals surface area (Å²) in [6, 6.07) is -0.392. The van der Waals surface area contributed by atoms with E-state index >= 15 is 0 Å². The highest BCUT2D eigenvalue weighted by Gasteiger charge is 2.19. The molecule has 0 heterocycles. The molecule has 0 aliphatic rings. The lowest BCUT2D eigenvalue weighted by Gasteiger charge is -2.22. The average Bonchev–Trinajstić information content (AvgIpc) is 2.24. The molecule has 0 spiro atoms. The van der Waals surface area contributed by atoms with Crippen molar-refractivity contribution in [3.8, 4) is 0 Å². The van der Waals surface area contributed by atoms with Gasteiger partial charge < -0.3 is 9.84 Å². The third-order valence-electron chi connectivity index (χ3n) is 2.42.